The van der Waals surface area contributed by atoms with Crippen LogP contribution in [0.2, 0.25) is 0 Å². The second-order valence-electron chi connectivity index (χ2n) is 5.61. The Balaban J connectivity index is 1.64. The summed E-state index contributed by atoms with van der Waals surface area (Å²) >= 11 is 0. The van der Waals surface area contributed by atoms with E-state index in [1.54, 1.807) is 5.57 Å². The fourth-order valence-corrected chi connectivity index (χ4v) is 3.73. The molecule has 1 aromatic carbocycles. The Hall–Kier alpha value is -1.56. The van der Waals surface area contributed by atoms with E-state index in [1.807, 2.05) is 0 Å². The summed E-state index contributed by atoms with van der Waals surface area (Å²) in [4.78, 5) is 0. The van der Waals surface area contributed by atoms with E-state index in [1.165, 1.54) is 24.0 Å². The molecule has 3 aliphatic carbocycles. The van der Waals surface area contributed by atoms with Gasteiger partial charge in [0.05, 0.1) is 0 Å². The Kier molecular flexibility index (Phi) is 2.29. The van der Waals surface area contributed by atoms with Crippen molar-refractivity contribution in [3.05, 3.63) is 71.7 Å². The summed E-state index contributed by atoms with van der Waals surface area (Å²) in [5.41, 5.74) is 4.33. The van der Waals surface area contributed by atoms with Crippen molar-refractivity contribution in [1.82, 2.24) is 0 Å². The molecule has 3 unspecified atom stereocenters. The van der Waals surface area contributed by atoms with Crippen molar-refractivity contribution >= 4 is 6.08 Å². The van der Waals surface area contributed by atoms with Gasteiger partial charge in [-0.05, 0) is 41.7 Å². The highest BCUT2D eigenvalue weighted by molar-refractivity contribution is 5.69. The lowest BCUT2D eigenvalue weighted by molar-refractivity contribution is 0.475. The lowest BCUT2D eigenvalue weighted by atomic mass is 9.82. The fourth-order valence-electron chi connectivity index (χ4n) is 3.73. The van der Waals surface area contributed by atoms with Crippen molar-refractivity contribution in [2.45, 2.75) is 12.8 Å². The molecule has 0 nitrogen and oxygen atoms in total. The van der Waals surface area contributed by atoms with Gasteiger partial charge in [-0.15, -0.1) is 0 Å². The number of allylic oxidation sites excluding steroid dienone is 5. The van der Waals surface area contributed by atoms with Gasteiger partial charge in [0.1, 0.15) is 0 Å². The minimum Gasteiger partial charge on any atom is -0.0808 e. The fraction of sp³-hybridized carbons (Fsp3) is 0.278. The predicted molar refractivity (Wildman–Crippen MR) is 75.8 cm³/mol. The van der Waals surface area contributed by atoms with Crippen molar-refractivity contribution in [2.24, 2.45) is 17.8 Å². The van der Waals surface area contributed by atoms with Gasteiger partial charge in [0.2, 0.25) is 0 Å². The Morgan fingerprint density at radius 2 is 1.72 bits per heavy atom. The van der Waals surface area contributed by atoms with Crippen LogP contribution in [0.25, 0.3) is 6.08 Å². The molecule has 4 rings (SSSR count). The summed E-state index contributed by atoms with van der Waals surface area (Å²) < 4.78 is 0. The summed E-state index contributed by atoms with van der Waals surface area (Å²) in [6.45, 7) is 0. The highest BCUT2D eigenvalue weighted by Crippen LogP contribution is 2.47. The third-order valence-corrected chi connectivity index (χ3v) is 4.64. The van der Waals surface area contributed by atoms with Crippen LogP contribution in [0.5, 0.6) is 0 Å². The van der Waals surface area contributed by atoms with Gasteiger partial charge < -0.3 is 0 Å². The molecule has 0 aliphatic heterocycles. The first-order chi connectivity index (χ1) is 8.92. The van der Waals surface area contributed by atoms with Crippen LogP contribution in [-0.4, -0.2) is 0 Å². The van der Waals surface area contributed by atoms with E-state index in [0.717, 1.165) is 17.8 Å². The standard InChI is InChI=1S/C18H17/c1-2-7-15-12-16(11-14(15)6-1)18-10-9-13-5-3-4-8-17(13)18/h1-8,11-13,17-18H,9-10H2. The van der Waals surface area contributed by atoms with Crippen LogP contribution in [0.15, 0.2) is 54.1 Å². The molecule has 1 aromatic rings. The van der Waals surface area contributed by atoms with E-state index in [4.69, 9.17) is 0 Å². The molecule has 18 heavy (non-hydrogen) atoms. The largest absolute Gasteiger partial charge is 0.0808 e. The van der Waals surface area contributed by atoms with Crippen molar-refractivity contribution in [2.75, 3.05) is 0 Å². The zero-order valence-corrected chi connectivity index (χ0v) is 10.4. The third-order valence-electron chi connectivity index (χ3n) is 4.64. The number of rotatable bonds is 1. The van der Waals surface area contributed by atoms with E-state index in [2.05, 4.69) is 61.1 Å². The maximum Gasteiger partial charge on any atom is 0.0167 e. The van der Waals surface area contributed by atoms with Gasteiger partial charge in [-0.2, -0.15) is 0 Å². The molecule has 3 atom stereocenters. The maximum absolute atomic E-state index is 2.42. The first-order valence-corrected chi connectivity index (χ1v) is 6.92. The van der Waals surface area contributed by atoms with Crippen LogP contribution in [0, 0.1) is 24.2 Å². The van der Waals surface area contributed by atoms with Gasteiger partial charge in [0.25, 0.3) is 0 Å². The Bertz CT molecular complexity index is 559. The SMILES string of the molecule is [CH]1C(C2CCC3C=CC=CC32)=Cc2ccccc21. The number of hydrogen-bond donors (Lipinski definition) is 0. The molecule has 1 fully saturated rings. The second-order valence-corrected chi connectivity index (χ2v) is 5.61. The summed E-state index contributed by atoms with van der Waals surface area (Å²) in [6.07, 6.45) is 16.7. The molecular weight excluding hydrogens is 216 g/mol. The van der Waals surface area contributed by atoms with Gasteiger partial charge in [0, 0.05) is 6.42 Å². The normalized spacial score (nSPS) is 32.2. The Morgan fingerprint density at radius 3 is 2.61 bits per heavy atom. The minimum absolute atomic E-state index is 0.726. The summed E-state index contributed by atoms with van der Waals surface area (Å²) in [5.74, 6) is 2.23. The minimum atomic E-state index is 0.726. The number of benzene rings is 1. The average Bonchev–Trinajstić information content (AvgIpc) is 3.02. The highest BCUT2D eigenvalue weighted by Gasteiger charge is 2.36. The van der Waals surface area contributed by atoms with E-state index in [0.29, 0.717) is 0 Å². The molecule has 0 amide bonds. The summed E-state index contributed by atoms with van der Waals surface area (Å²) in [7, 11) is 0. The molecule has 0 N–H and O–H groups in total. The lowest BCUT2D eigenvalue weighted by Crippen LogP contribution is -2.14. The molecule has 0 spiro atoms. The van der Waals surface area contributed by atoms with Crippen LogP contribution in [-0.2, 0) is 0 Å². The van der Waals surface area contributed by atoms with E-state index in [9.17, 15) is 0 Å². The first-order valence-electron chi connectivity index (χ1n) is 6.92. The zero-order chi connectivity index (χ0) is 11.9. The molecular formula is C18H17. The molecule has 0 heteroatoms. The highest BCUT2D eigenvalue weighted by atomic mass is 14.4. The molecule has 89 valence electrons. The molecule has 3 aliphatic rings. The van der Waals surface area contributed by atoms with Gasteiger partial charge in [-0.3, -0.25) is 0 Å². The topological polar surface area (TPSA) is 0 Å². The average molecular weight is 233 g/mol. The monoisotopic (exact) mass is 233 g/mol. The van der Waals surface area contributed by atoms with Crippen LogP contribution in [0.3, 0.4) is 0 Å². The van der Waals surface area contributed by atoms with E-state index < -0.39 is 0 Å². The van der Waals surface area contributed by atoms with Gasteiger partial charge in [0.15, 0.2) is 0 Å². The van der Waals surface area contributed by atoms with Crippen LogP contribution >= 0.6 is 0 Å². The quantitative estimate of drug-likeness (QED) is 0.674. The van der Waals surface area contributed by atoms with Crippen LogP contribution in [0.1, 0.15) is 24.0 Å². The van der Waals surface area contributed by atoms with Crippen LogP contribution in [0.4, 0.5) is 0 Å². The van der Waals surface area contributed by atoms with Crippen molar-refractivity contribution in [3.63, 3.8) is 0 Å². The number of fused-ring (bicyclic) bond motifs is 2. The lowest BCUT2D eigenvalue weighted by Gasteiger charge is -2.22. The molecule has 1 radical (unpaired) electrons. The van der Waals surface area contributed by atoms with Gasteiger partial charge in [-0.25, -0.2) is 0 Å². The van der Waals surface area contributed by atoms with Crippen molar-refractivity contribution < 1.29 is 0 Å². The number of hydrogen-bond acceptors (Lipinski definition) is 0. The zero-order valence-electron chi connectivity index (χ0n) is 10.4. The van der Waals surface area contributed by atoms with Crippen molar-refractivity contribution in [3.8, 4) is 0 Å². The molecule has 1 saturated carbocycles. The molecule has 0 bridgehead atoms. The van der Waals surface area contributed by atoms with E-state index in [-0.39, 0.29) is 0 Å². The molecule has 0 aromatic heterocycles. The maximum atomic E-state index is 2.42. The van der Waals surface area contributed by atoms with Crippen molar-refractivity contribution in [1.29, 1.82) is 0 Å². The van der Waals surface area contributed by atoms with E-state index >= 15 is 0 Å². The molecule has 0 saturated heterocycles. The van der Waals surface area contributed by atoms with Gasteiger partial charge >= 0.3 is 0 Å². The predicted octanol–water partition coefficient (Wildman–Crippen LogP) is 4.40. The summed E-state index contributed by atoms with van der Waals surface area (Å²) in [5, 5.41) is 0. The second kappa shape index (κ2) is 3.98. The smallest absolute Gasteiger partial charge is 0.0167 e. The Labute approximate surface area is 109 Å². The summed E-state index contributed by atoms with van der Waals surface area (Å²) in [6, 6.07) is 8.71. The van der Waals surface area contributed by atoms with Crippen LogP contribution < -0.4 is 0 Å². The molecule has 0 heterocycles. The third kappa shape index (κ3) is 1.52. The first kappa shape index (κ1) is 10.4. The van der Waals surface area contributed by atoms with Gasteiger partial charge in [-0.1, -0.05) is 60.2 Å². The Morgan fingerprint density at radius 1 is 0.889 bits per heavy atom.